The molecule has 0 aliphatic heterocycles. The van der Waals surface area contributed by atoms with Crippen LogP contribution < -0.4 is 11.3 Å². The fourth-order valence-electron chi connectivity index (χ4n) is 1.21. The number of aromatic amines is 1. The van der Waals surface area contributed by atoms with Gasteiger partial charge in [0.2, 0.25) is 0 Å². The average molecular weight is 196 g/mol. The Morgan fingerprint density at radius 1 is 1.64 bits per heavy atom. The monoisotopic (exact) mass is 196 g/mol. The molecule has 0 bridgehead atoms. The van der Waals surface area contributed by atoms with Gasteiger partial charge in [0.1, 0.15) is 0 Å². The van der Waals surface area contributed by atoms with Crippen LogP contribution in [0.5, 0.6) is 0 Å². The maximum absolute atomic E-state index is 11.4. The van der Waals surface area contributed by atoms with Crippen LogP contribution >= 0.6 is 0 Å². The number of aromatic nitrogens is 1. The van der Waals surface area contributed by atoms with Crippen LogP contribution in [0.15, 0.2) is 10.9 Å². The van der Waals surface area contributed by atoms with E-state index in [2.05, 4.69) is 9.72 Å². The molecule has 14 heavy (non-hydrogen) atoms. The van der Waals surface area contributed by atoms with Crippen molar-refractivity contribution in [3.8, 4) is 0 Å². The summed E-state index contributed by atoms with van der Waals surface area (Å²) in [6.45, 7) is 1.70. The maximum atomic E-state index is 11.4. The van der Waals surface area contributed by atoms with Crippen molar-refractivity contribution in [2.75, 3.05) is 7.11 Å². The molecule has 1 aromatic heterocycles. The third kappa shape index (κ3) is 1.82. The van der Waals surface area contributed by atoms with Crippen LogP contribution in [-0.4, -0.2) is 18.1 Å². The highest BCUT2D eigenvalue weighted by Crippen LogP contribution is 2.06. The topological polar surface area (TPSA) is 85.2 Å². The molecular formula is C9H12N2O3. The van der Waals surface area contributed by atoms with Gasteiger partial charge in [-0.2, -0.15) is 0 Å². The molecule has 76 valence electrons. The predicted octanol–water partition coefficient (Wildman–Crippen LogP) is -0.0714. The lowest BCUT2D eigenvalue weighted by Crippen LogP contribution is -2.22. The minimum absolute atomic E-state index is 0.0139. The summed E-state index contributed by atoms with van der Waals surface area (Å²) in [5.41, 5.74) is 6.12. The SMILES string of the molecule is COC(=O)c1cc(C)[nH]c(=O)c1CN. The number of ether oxygens (including phenoxy) is 1. The third-order valence-electron chi connectivity index (χ3n) is 1.88. The zero-order valence-corrected chi connectivity index (χ0v) is 8.09. The first-order valence-electron chi connectivity index (χ1n) is 4.11. The van der Waals surface area contributed by atoms with E-state index in [0.29, 0.717) is 5.69 Å². The van der Waals surface area contributed by atoms with E-state index >= 15 is 0 Å². The smallest absolute Gasteiger partial charge is 0.338 e. The summed E-state index contributed by atoms with van der Waals surface area (Å²) in [5.74, 6) is -0.542. The minimum Gasteiger partial charge on any atom is -0.465 e. The summed E-state index contributed by atoms with van der Waals surface area (Å²) in [4.78, 5) is 25.2. The van der Waals surface area contributed by atoms with Crippen molar-refractivity contribution in [2.24, 2.45) is 5.73 Å². The number of nitrogens with two attached hydrogens (primary N) is 1. The van der Waals surface area contributed by atoms with Gasteiger partial charge in [0.25, 0.3) is 5.56 Å². The lowest BCUT2D eigenvalue weighted by Gasteiger charge is -2.05. The number of hydrogen-bond donors (Lipinski definition) is 2. The van der Waals surface area contributed by atoms with Crippen LogP contribution in [-0.2, 0) is 11.3 Å². The molecule has 0 fully saturated rings. The summed E-state index contributed by atoms with van der Waals surface area (Å²) >= 11 is 0. The highest BCUT2D eigenvalue weighted by Gasteiger charge is 2.14. The van der Waals surface area contributed by atoms with Crippen LogP contribution in [0, 0.1) is 6.92 Å². The van der Waals surface area contributed by atoms with Gasteiger partial charge in [0, 0.05) is 17.8 Å². The summed E-state index contributed by atoms with van der Waals surface area (Å²) in [7, 11) is 1.26. The number of pyridine rings is 1. The van der Waals surface area contributed by atoms with Gasteiger partial charge in [-0.25, -0.2) is 4.79 Å². The number of rotatable bonds is 2. The number of methoxy groups -OCH3 is 1. The van der Waals surface area contributed by atoms with Crippen molar-refractivity contribution >= 4 is 5.97 Å². The highest BCUT2D eigenvalue weighted by atomic mass is 16.5. The molecule has 5 heteroatoms. The minimum atomic E-state index is -0.542. The summed E-state index contributed by atoms with van der Waals surface area (Å²) in [5, 5.41) is 0. The third-order valence-corrected chi connectivity index (χ3v) is 1.88. The molecule has 0 saturated carbocycles. The van der Waals surface area contributed by atoms with Gasteiger partial charge in [-0.3, -0.25) is 4.79 Å². The van der Waals surface area contributed by atoms with Crippen molar-refractivity contribution in [2.45, 2.75) is 13.5 Å². The molecule has 0 aromatic carbocycles. The molecule has 0 radical (unpaired) electrons. The summed E-state index contributed by atoms with van der Waals surface area (Å²) in [6.07, 6.45) is 0. The molecule has 0 aliphatic rings. The van der Waals surface area contributed by atoms with Gasteiger partial charge < -0.3 is 15.5 Å². The first kappa shape index (κ1) is 10.5. The van der Waals surface area contributed by atoms with E-state index in [0.717, 1.165) is 0 Å². The van der Waals surface area contributed by atoms with Crippen molar-refractivity contribution in [3.05, 3.63) is 33.2 Å². The molecule has 0 aliphatic carbocycles. The Morgan fingerprint density at radius 2 is 2.29 bits per heavy atom. The predicted molar refractivity (Wildman–Crippen MR) is 51.0 cm³/mol. The number of carbonyl (C=O) groups is 1. The van der Waals surface area contributed by atoms with E-state index in [1.165, 1.54) is 7.11 Å². The molecule has 0 unspecified atom stereocenters. The summed E-state index contributed by atoms with van der Waals surface area (Å²) in [6, 6.07) is 1.55. The zero-order chi connectivity index (χ0) is 10.7. The van der Waals surface area contributed by atoms with Crippen molar-refractivity contribution in [1.82, 2.24) is 4.98 Å². The Hall–Kier alpha value is -1.62. The molecule has 0 spiro atoms. The number of H-pyrrole nitrogens is 1. The van der Waals surface area contributed by atoms with Gasteiger partial charge in [-0.15, -0.1) is 0 Å². The van der Waals surface area contributed by atoms with E-state index in [9.17, 15) is 9.59 Å². The van der Waals surface area contributed by atoms with Crippen LogP contribution in [0.2, 0.25) is 0 Å². The van der Waals surface area contributed by atoms with Crippen LogP contribution in [0.3, 0.4) is 0 Å². The van der Waals surface area contributed by atoms with E-state index in [4.69, 9.17) is 5.73 Å². The van der Waals surface area contributed by atoms with Gasteiger partial charge in [-0.1, -0.05) is 0 Å². The van der Waals surface area contributed by atoms with Gasteiger partial charge >= 0.3 is 5.97 Å². The quantitative estimate of drug-likeness (QED) is 0.648. The molecular weight excluding hydrogens is 184 g/mol. The molecule has 0 amide bonds. The Kier molecular flexibility index (Phi) is 3.03. The Morgan fingerprint density at radius 3 is 2.79 bits per heavy atom. The molecule has 5 nitrogen and oxygen atoms in total. The average Bonchev–Trinajstić information content (AvgIpc) is 2.15. The largest absolute Gasteiger partial charge is 0.465 e. The van der Waals surface area contributed by atoms with Crippen LogP contribution in [0.25, 0.3) is 0 Å². The standard InChI is InChI=1S/C9H12N2O3/c1-5-3-6(9(13)14-2)7(4-10)8(12)11-5/h3H,4,10H2,1-2H3,(H,11,12). The first-order chi connectivity index (χ1) is 6.60. The number of hydrogen-bond acceptors (Lipinski definition) is 4. The summed E-state index contributed by atoms with van der Waals surface area (Å²) < 4.78 is 4.54. The van der Waals surface area contributed by atoms with E-state index in [-0.39, 0.29) is 23.2 Å². The Balaban J connectivity index is 3.39. The second-order valence-electron chi connectivity index (χ2n) is 2.87. The van der Waals surface area contributed by atoms with Gasteiger partial charge in [-0.05, 0) is 13.0 Å². The van der Waals surface area contributed by atoms with Crippen LogP contribution in [0.1, 0.15) is 21.6 Å². The van der Waals surface area contributed by atoms with Crippen LogP contribution in [0.4, 0.5) is 0 Å². The normalized spacial score (nSPS) is 9.93. The molecule has 1 heterocycles. The molecule has 0 atom stereocenters. The maximum Gasteiger partial charge on any atom is 0.338 e. The number of nitrogens with one attached hydrogen (secondary N) is 1. The Bertz CT molecular complexity index is 409. The number of carbonyl (C=O) groups excluding carboxylic acids is 1. The fourth-order valence-corrected chi connectivity index (χ4v) is 1.21. The molecule has 1 aromatic rings. The van der Waals surface area contributed by atoms with Crippen molar-refractivity contribution in [1.29, 1.82) is 0 Å². The molecule has 0 saturated heterocycles. The number of aryl methyl sites for hydroxylation is 1. The first-order valence-corrected chi connectivity index (χ1v) is 4.11. The molecule has 1 rings (SSSR count). The van der Waals surface area contributed by atoms with Crippen molar-refractivity contribution in [3.63, 3.8) is 0 Å². The lowest BCUT2D eigenvalue weighted by molar-refractivity contribution is 0.0599. The van der Waals surface area contributed by atoms with Gasteiger partial charge in [0.05, 0.1) is 12.7 Å². The van der Waals surface area contributed by atoms with E-state index in [1.807, 2.05) is 0 Å². The Labute approximate surface area is 80.9 Å². The fraction of sp³-hybridized carbons (Fsp3) is 0.333. The molecule has 3 N–H and O–H groups in total. The van der Waals surface area contributed by atoms with E-state index in [1.54, 1.807) is 13.0 Å². The zero-order valence-electron chi connectivity index (χ0n) is 8.09. The van der Waals surface area contributed by atoms with Crippen molar-refractivity contribution < 1.29 is 9.53 Å². The second-order valence-corrected chi connectivity index (χ2v) is 2.87. The lowest BCUT2D eigenvalue weighted by atomic mass is 10.1. The van der Waals surface area contributed by atoms with E-state index < -0.39 is 5.97 Å². The highest BCUT2D eigenvalue weighted by molar-refractivity contribution is 5.90. The van der Waals surface area contributed by atoms with Gasteiger partial charge in [0.15, 0.2) is 0 Å². The second kappa shape index (κ2) is 4.06. The number of esters is 1.